The number of nitrogens with one attached hydrogen (secondary N) is 1. The maximum atomic E-state index is 13.7. The molecule has 21 heavy (non-hydrogen) atoms. The summed E-state index contributed by atoms with van der Waals surface area (Å²) in [6, 6.07) is 4.62. The summed E-state index contributed by atoms with van der Waals surface area (Å²) in [5, 5.41) is 13.0. The lowest BCUT2D eigenvalue weighted by Gasteiger charge is -2.09. The molecule has 1 aromatic heterocycles. The highest BCUT2D eigenvalue weighted by Crippen LogP contribution is 2.25. The minimum absolute atomic E-state index is 0.114. The molecule has 0 spiro atoms. The number of nitro benzene ring substituents is 1. The third-order valence-corrected chi connectivity index (χ3v) is 2.71. The van der Waals surface area contributed by atoms with Crippen molar-refractivity contribution in [2.45, 2.75) is 6.54 Å². The lowest BCUT2D eigenvalue weighted by atomic mass is 10.2. The highest BCUT2D eigenvalue weighted by atomic mass is 19.1. The van der Waals surface area contributed by atoms with Crippen molar-refractivity contribution in [3.8, 4) is 5.88 Å². The topological polar surface area (TPSA) is 77.3 Å². The number of hydrogen-bond donors (Lipinski definition) is 1. The Morgan fingerprint density at radius 2 is 2.00 bits per heavy atom. The second-order valence-electron chi connectivity index (χ2n) is 4.10. The second kappa shape index (κ2) is 6.12. The molecule has 2 rings (SSSR count). The van der Waals surface area contributed by atoms with Crippen molar-refractivity contribution in [3.63, 3.8) is 0 Å². The van der Waals surface area contributed by atoms with Crippen LogP contribution in [0, 0.1) is 21.7 Å². The molecule has 0 unspecified atom stereocenters. The molecule has 8 heteroatoms. The molecule has 0 amide bonds. The van der Waals surface area contributed by atoms with Crippen molar-refractivity contribution in [1.29, 1.82) is 0 Å². The summed E-state index contributed by atoms with van der Waals surface area (Å²) >= 11 is 0. The predicted octanol–water partition coefficient (Wildman–Crippen LogP) is 2.89. The van der Waals surface area contributed by atoms with Crippen LogP contribution in [0.15, 0.2) is 30.5 Å². The second-order valence-corrected chi connectivity index (χ2v) is 4.10. The van der Waals surface area contributed by atoms with Crippen molar-refractivity contribution >= 4 is 11.4 Å². The first-order chi connectivity index (χ1) is 10.0. The summed E-state index contributed by atoms with van der Waals surface area (Å²) in [6.07, 6.45) is 1.49. The van der Waals surface area contributed by atoms with Crippen LogP contribution in [0.4, 0.5) is 20.2 Å². The first kappa shape index (κ1) is 14.6. The van der Waals surface area contributed by atoms with Gasteiger partial charge in [-0.05, 0) is 5.56 Å². The summed E-state index contributed by atoms with van der Waals surface area (Å²) < 4.78 is 32.2. The average molecular weight is 295 g/mol. The van der Waals surface area contributed by atoms with E-state index in [1.54, 1.807) is 12.1 Å². The maximum Gasteiger partial charge on any atom is 0.275 e. The third-order valence-electron chi connectivity index (χ3n) is 2.71. The minimum atomic E-state index is -1.02. The third kappa shape index (κ3) is 3.41. The molecule has 0 aliphatic rings. The highest BCUT2D eigenvalue weighted by Gasteiger charge is 2.16. The number of aromatic nitrogens is 1. The molecule has 1 N–H and O–H groups in total. The summed E-state index contributed by atoms with van der Waals surface area (Å²) in [7, 11) is 1.47. The van der Waals surface area contributed by atoms with Gasteiger partial charge >= 0.3 is 0 Å². The van der Waals surface area contributed by atoms with Gasteiger partial charge in [-0.3, -0.25) is 10.1 Å². The summed E-state index contributed by atoms with van der Waals surface area (Å²) in [4.78, 5) is 13.6. The van der Waals surface area contributed by atoms with Gasteiger partial charge in [0.05, 0.1) is 24.2 Å². The SMILES string of the molecule is COc1ccc(CNc2c(F)cc([N+](=O)[O-])cc2F)cn1. The van der Waals surface area contributed by atoms with E-state index in [2.05, 4.69) is 10.3 Å². The standard InChI is InChI=1S/C13H11F2N3O3/c1-21-12-3-2-8(6-16-12)7-17-13-10(14)4-9(18(19)20)5-11(13)15/h2-6,17H,7H2,1H3. The van der Waals surface area contributed by atoms with Gasteiger partial charge in [0.1, 0.15) is 5.69 Å². The molecule has 0 saturated carbocycles. The number of hydrogen-bond acceptors (Lipinski definition) is 5. The van der Waals surface area contributed by atoms with E-state index in [1.807, 2.05) is 0 Å². The molecular weight excluding hydrogens is 284 g/mol. The normalized spacial score (nSPS) is 10.2. The Bertz CT molecular complexity index is 639. The molecule has 1 heterocycles. The van der Waals surface area contributed by atoms with Crippen LogP contribution >= 0.6 is 0 Å². The summed E-state index contributed by atoms with van der Waals surface area (Å²) in [6.45, 7) is 0.114. The van der Waals surface area contributed by atoms with Crippen molar-refractivity contribution in [2.75, 3.05) is 12.4 Å². The van der Waals surface area contributed by atoms with Crippen LogP contribution in [0.1, 0.15) is 5.56 Å². The quantitative estimate of drug-likeness (QED) is 0.678. The van der Waals surface area contributed by atoms with E-state index >= 15 is 0 Å². The van der Waals surface area contributed by atoms with E-state index < -0.39 is 27.9 Å². The minimum Gasteiger partial charge on any atom is -0.481 e. The number of halogens is 2. The van der Waals surface area contributed by atoms with Crippen molar-refractivity contribution < 1.29 is 18.4 Å². The number of anilines is 1. The fraction of sp³-hybridized carbons (Fsp3) is 0.154. The molecule has 1 aromatic carbocycles. The molecule has 0 fully saturated rings. The summed E-state index contributed by atoms with van der Waals surface area (Å²) in [5.41, 5.74) is -0.383. The average Bonchev–Trinajstić information content (AvgIpc) is 2.46. The lowest BCUT2D eigenvalue weighted by molar-refractivity contribution is -0.385. The Balaban J connectivity index is 2.14. The number of nitrogens with zero attached hydrogens (tertiary/aromatic N) is 2. The number of ether oxygens (including phenoxy) is 1. The van der Waals surface area contributed by atoms with Gasteiger partial charge in [-0.25, -0.2) is 13.8 Å². The fourth-order valence-corrected chi connectivity index (χ4v) is 1.66. The first-order valence-electron chi connectivity index (χ1n) is 5.87. The molecular formula is C13H11F2N3O3. The maximum absolute atomic E-state index is 13.7. The first-order valence-corrected chi connectivity index (χ1v) is 5.87. The molecule has 110 valence electrons. The van der Waals surface area contributed by atoms with Crippen molar-refractivity contribution in [2.24, 2.45) is 0 Å². The molecule has 0 radical (unpaired) electrons. The van der Waals surface area contributed by atoms with Gasteiger partial charge in [0.15, 0.2) is 11.6 Å². The number of rotatable bonds is 5. The zero-order valence-corrected chi connectivity index (χ0v) is 11.0. The van der Waals surface area contributed by atoms with Crippen LogP contribution < -0.4 is 10.1 Å². The molecule has 0 bridgehead atoms. The van der Waals surface area contributed by atoms with Crippen LogP contribution in [0.5, 0.6) is 5.88 Å². The molecule has 6 nitrogen and oxygen atoms in total. The molecule has 2 aromatic rings. The molecule has 0 aliphatic heterocycles. The number of methoxy groups -OCH3 is 1. The van der Waals surface area contributed by atoms with E-state index in [1.165, 1.54) is 13.3 Å². The van der Waals surface area contributed by atoms with Gasteiger partial charge in [0.2, 0.25) is 5.88 Å². The number of benzene rings is 1. The van der Waals surface area contributed by atoms with E-state index in [9.17, 15) is 18.9 Å². The smallest absolute Gasteiger partial charge is 0.275 e. The van der Waals surface area contributed by atoms with Gasteiger partial charge in [-0.2, -0.15) is 0 Å². The molecule has 0 saturated heterocycles. The fourth-order valence-electron chi connectivity index (χ4n) is 1.66. The van der Waals surface area contributed by atoms with Gasteiger partial charge in [0, 0.05) is 18.8 Å². The van der Waals surface area contributed by atoms with Crippen molar-refractivity contribution in [1.82, 2.24) is 4.98 Å². The van der Waals surface area contributed by atoms with Crippen LogP contribution in [-0.4, -0.2) is 17.0 Å². The van der Waals surface area contributed by atoms with Crippen LogP contribution in [0.3, 0.4) is 0 Å². The van der Waals surface area contributed by atoms with E-state index in [0.29, 0.717) is 23.6 Å². The highest BCUT2D eigenvalue weighted by molar-refractivity contribution is 5.51. The van der Waals surface area contributed by atoms with Gasteiger partial charge < -0.3 is 10.1 Å². The van der Waals surface area contributed by atoms with Gasteiger partial charge in [-0.15, -0.1) is 0 Å². The van der Waals surface area contributed by atoms with E-state index in [0.717, 1.165) is 0 Å². The van der Waals surface area contributed by atoms with E-state index in [-0.39, 0.29) is 6.54 Å². The zero-order chi connectivity index (χ0) is 15.4. The largest absolute Gasteiger partial charge is 0.481 e. The Labute approximate surface area is 118 Å². The van der Waals surface area contributed by atoms with Crippen LogP contribution in [0.25, 0.3) is 0 Å². The molecule has 0 aliphatic carbocycles. The van der Waals surface area contributed by atoms with Gasteiger partial charge in [-0.1, -0.05) is 6.07 Å². The van der Waals surface area contributed by atoms with Gasteiger partial charge in [0.25, 0.3) is 5.69 Å². The summed E-state index contributed by atoms with van der Waals surface area (Å²) in [5.74, 6) is -1.63. The monoisotopic (exact) mass is 295 g/mol. The zero-order valence-electron chi connectivity index (χ0n) is 11.0. The number of pyridine rings is 1. The Hall–Kier alpha value is -2.77. The Morgan fingerprint density at radius 1 is 1.33 bits per heavy atom. The number of non-ortho nitro benzene ring substituents is 1. The van der Waals surface area contributed by atoms with E-state index in [4.69, 9.17) is 4.74 Å². The van der Waals surface area contributed by atoms with Crippen LogP contribution in [0.2, 0.25) is 0 Å². The Kier molecular flexibility index (Phi) is 4.27. The lowest BCUT2D eigenvalue weighted by Crippen LogP contribution is -2.05. The molecule has 0 atom stereocenters. The van der Waals surface area contributed by atoms with Crippen molar-refractivity contribution in [3.05, 3.63) is 57.8 Å². The Morgan fingerprint density at radius 3 is 2.48 bits per heavy atom. The number of nitro groups is 1. The van der Waals surface area contributed by atoms with Crippen LogP contribution in [-0.2, 0) is 6.54 Å². The predicted molar refractivity (Wildman–Crippen MR) is 71.1 cm³/mol.